The van der Waals surface area contributed by atoms with E-state index in [9.17, 15) is 10.1 Å². The van der Waals surface area contributed by atoms with Crippen molar-refractivity contribution < 1.29 is 9.66 Å². The normalized spacial score (nSPS) is 15.9. The molecule has 2 heterocycles. The third-order valence-electron chi connectivity index (χ3n) is 2.31. The zero-order chi connectivity index (χ0) is 10.7. The minimum atomic E-state index is -0.404. The Kier molecular flexibility index (Phi) is 2.73. The first-order valence-corrected chi connectivity index (χ1v) is 4.64. The van der Waals surface area contributed by atoms with Crippen LogP contribution in [-0.4, -0.2) is 23.1 Å². The third-order valence-corrected chi connectivity index (χ3v) is 2.31. The summed E-state index contributed by atoms with van der Waals surface area (Å²) < 4.78 is 5.16. The third kappa shape index (κ3) is 2.02. The number of nitrogens with zero attached hydrogens (tertiary/aromatic N) is 2. The number of rotatable bonds is 2. The second kappa shape index (κ2) is 4.18. The summed E-state index contributed by atoms with van der Waals surface area (Å²) in [7, 11) is 0. The molecule has 0 fully saturated rings. The van der Waals surface area contributed by atoms with Gasteiger partial charge in [-0.1, -0.05) is 6.08 Å². The second-order valence-corrected chi connectivity index (χ2v) is 3.20. The van der Waals surface area contributed by atoms with Gasteiger partial charge in [0.1, 0.15) is 6.20 Å². The molecular weight excluding hydrogens is 196 g/mol. The summed E-state index contributed by atoms with van der Waals surface area (Å²) in [5.41, 5.74) is 1.68. The van der Waals surface area contributed by atoms with E-state index < -0.39 is 4.92 Å². The van der Waals surface area contributed by atoms with E-state index in [1.807, 2.05) is 6.08 Å². The highest BCUT2D eigenvalue weighted by molar-refractivity contribution is 5.72. The van der Waals surface area contributed by atoms with Crippen LogP contribution in [0.5, 0.6) is 0 Å². The van der Waals surface area contributed by atoms with Gasteiger partial charge in [0, 0.05) is 6.20 Å². The Labute approximate surface area is 86.5 Å². The van der Waals surface area contributed by atoms with Crippen LogP contribution >= 0.6 is 0 Å². The largest absolute Gasteiger partial charge is 0.377 e. The molecule has 0 amide bonds. The Morgan fingerprint density at radius 1 is 1.53 bits per heavy atom. The molecule has 0 saturated heterocycles. The molecule has 1 aliphatic rings. The minimum Gasteiger partial charge on any atom is -0.377 e. The Morgan fingerprint density at radius 3 is 3.07 bits per heavy atom. The van der Waals surface area contributed by atoms with Crippen LogP contribution in [0.15, 0.2) is 24.5 Å². The summed E-state index contributed by atoms with van der Waals surface area (Å²) >= 11 is 0. The molecule has 0 bridgehead atoms. The van der Waals surface area contributed by atoms with E-state index in [2.05, 4.69) is 4.98 Å². The van der Waals surface area contributed by atoms with E-state index in [0.29, 0.717) is 25.2 Å². The van der Waals surface area contributed by atoms with Crippen molar-refractivity contribution in [2.24, 2.45) is 0 Å². The molecule has 1 aromatic rings. The minimum absolute atomic E-state index is 0.0608. The van der Waals surface area contributed by atoms with Crippen LogP contribution < -0.4 is 0 Å². The van der Waals surface area contributed by atoms with Crippen molar-refractivity contribution >= 4 is 11.3 Å². The molecule has 0 N–H and O–H groups in total. The number of aromatic nitrogens is 1. The molecule has 0 atom stereocenters. The molecule has 0 aromatic carbocycles. The van der Waals surface area contributed by atoms with Gasteiger partial charge in [-0.05, 0) is 18.1 Å². The quantitative estimate of drug-likeness (QED) is 0.546. The van der Waals surface area contributed by atoms with E-state index in [1.165, 1.54) is 6.20 Å². The Balaban J connectivity index is 2.42. The number of nitro groups is 1. The lowest BCUT2D eigenvalue weighted by atomic mass is 10.0. The number of hydrogen-bond donors (Lipinski definition) is 0. The van der Waals surface area contributed by atoms with E-state index in [4.69, 9.17) is 4.74 Å². The SMILES string of the molecule is O=[N+]([O-])c1cnccc1C1=CCOCC1. The summed E-state index contributed by atoms with van der Waals surface area (Å²) in [6.07, 6.45) is 5.45. The monoisotopic (exact) mass is 206 g/mol. The van der Waals surface area contributed by atoms with Gasteiger partial charge in [0.15, 0.2) is 0 Å². The van der Waals surface area contributed by atoms with Gasteiger partial charge in [-0.3, -0.25) is 15.1 Å². The van der Waals surface area contributed by atoms with E-state index >= 15 is 0 Å². The molecule has 2 rings (SSSR count). The maximum absolute atomic E-state index is 10.8. The van der Waals surface area contributed by atoms with Gasteiger partial charge in [-0.15, -0.1) is 0 Å². The van der Waals surface area contributed by atoms with Gasteiger partial charge in [0.05, 0.1) is 23.7 Å². The number of ether oxygens (including phenoxy) is 1. The molecule has 0 spiro atoms. The van der Waals surface area contributed by atoms with Crippen molar-refractivity contribution in [3.8, 4) is 0 Å². The Hall–Kier alpha value is -1.75. The molecule has 1 aliphatic heterocycles. The van der Waals surface area contributed by atoms with Crippen molar-refractivity contribution in [2.45, 2.75) is 6.42 Å². The molecule has 0 aliphatic carbocycles. The highest BCUT2D eigenvalue weighted by atomic mass is 16.6. The molecule has 0 radical (unpaired) electrons. The fourth-order valence-corrected chi connectivity index (χ4v) is 1.57. The van der Waals surface area contributed by atoms with Gasteiger partial charge in [-0.25, -0.2) is 0 Å². The van der Waals surface area contributed by atoms with E-state index in [0.717, 1.165) is 5.57 Å². The highest BCUT2D eigenvalue weighted by Gasteiger charge is 2.17. The fraction of sp³-hybridized carbons (Fsp3) is 0.300. The van der Waals surface area contributed by atoms with Gasteiger partial charge in [-0.2, -0.15) is 0 Å². The summed E-state index contributed by atoms with van der Waals surface area (Å²) in [5, 5.41) is 10.8. The molecule has 5 nitrogen and oxygen atoms in total. The Bertz CT molecular complexity index is 415. The smallest absolute Gasteiger partial charge is 0.294 e. The molecule has 0 saturated carbocycles. The summed E-state index contributed by atoms with van der Waals surface area (Å²) in [6, 6.07) is 1.68. The zero-order valence-electron chi connectivity index (χ0n) is 8.05. The molecule has 5 heteroatoms. The highest BCUT2D eigenvalue weighted by Crippen LogP contribution is 2.28. The van der Waals surface area contributed by atoms with Gasteiger partial charge in [0.25, 0.3) is 5.69 Å². The van der Waals surface area contributed by atoms with Gasteiger partial charge >= 0.3 is 0 Å². The molecule has 78 valence electrons. The summed E-state index contributed by atoms with van der Waals surface area (Å²) in [5.74, 6) is 0. The zero-order valence-corrected chi connectivity index (χ0v) is 8.05. The lowest BCUT2D eigenvalue weighted by Crippen LogP contribution is -2.05. The second-order valence-electron chi connectivity index (χ2n) is 3.20. The lowest BCUT2D eigenvalue weighted by Gasteiger charge is -2.13. The van der Waals surface area contributed by atoms with Gasteiger partial charge < -0.3 is 4.74 Å². The topological polar surface area (TPSA) is 65.3 Å². The van der Waals surface area contributed by atoms with Crippen molar-refractivity contribution in [1.82, 2.24) is 4.98 Å². The predicted molar refractivity (Wildman–Crippen MR) is 54.3 cm³/mol. The lowest BCUT2D eigenvalue weighted by molar-refractivity contribution is -0.385. The first-order chi connectivity index (χ1) is 7.29. The Morgan fingerprint density at radius 2 is 2.40 bits per heavy atom. The maximum Gasteiger partial charge on any atom is 0.294 e. The first-order valence-electron chi connectivity index (χ1n) is 4.64. The average molecular weight is 206 g/mol. The van der Waals surface area contributed by atoms with Crippen molar-refractivity contribution in [2.75, 3.05) is 13.2 Å². The van der Waals surface area contributed by atoms with Crippen LogP contribution in [0.25, 0.3) is 5.57 Å². The summed E-state index contributed by atoms with van der Waals surface area (Å²) in [6.45, 7) is 1.14. The molecular formula is C10H10N2O3. The van der Waals surface area contributed by atoms with Crippen LogP contribution in [0.4, 0.5) is 5.69 Å². The van der Waals surface area contributed by atoms with Crippen molar-refractivity contribution in [3.05, 3.63) is 40.2 Å². The van der Waals surface area contributed by atoms with Crippen molar-refractivity contribution in [1.29, 1.82) is 0 Å². The fourth-order valence-electron chi connectivity index (χ4n) is 1.57. The van der Waals surface area contributed by atoms with Gasteiger partial charge in [0.2, 0.25) is 0 Å². The van der Waals surface area contributed by atoms with E-state index in [1.54, 1.807) is 12.3 Å². The predicted octanol–water partition coefficient (Wildman–Crippen LogP) is 1.79. The summed E-state index contributed by atoms with van der Waals surface area (Å²) in [4.78, 5) is 14.1. The van der Waals surface area contributed by atoms with Crippen LogP contribution in [0.1, 0.15) is 12.0 Å². The van der Waals surface area contributed by atoms with Crippen molar-refractivity contribution in [3.63, 3.8) is 0 Å². The first kappa shape index (κ1) is 9.79. The standard InChI is InChI=1S/C10H10N2O3/c13-12(14)10-7-11-4-1-9(10)8-2-5-15-6-3-8/h1-2,4,7H,3,5-6H2. The molecule has 0 unspecified atom stereocenters. The average Bonchev–Trinajstić information content (AvgIpc) is 2.30. The maximum atomic E-state index is 10.8. The van der Waals surface area contributed by atoms with E-state index in [-0.39, 0.29) is 5.69 Å². The molecule has 1 aromatic heterocycles. The number of hydrogen-bond acceptors (Lipinski definition) is 4. The molecule has 15 heavy (non-hydrogen) atoms. The van der Waals surface area contributed by atoms with Crippen LogP contribution in [-0.2, 0) is 4.74 Å². The van der Waals surface area contributed by atoms with Crippen LogP contribution in [0, 0.1) is 10.1 Å². The van der Waals surface area contributed by atoms with Crippen LogP contribution in [0.3, 0.4) is 0 Å². The number of pyridine rings is 1. The van der Waals surface area contributed by atoms with Crippen LogP contribution in [0.2, 0.25) is 0 Å².